The van der Waals surface area contributed by atoms with Crippen molar-refractivity contribution in [1.82, 2.24) is 0 Å². The second kappa shape index (κ2) is 5.06. The van der Waals surface area contributed by atoms with Gasteiger partial charge in [0.2, 0.25) is 0 Å². The average molecular weight is 302 g/mol. The second-order valence-electron chi connectivity index (χ2n) is 6.56. The molecule has 0 amide bonds. The summed E-state index contributed by atoms with van der Waals surface area (Å²) in [5, 5.41) is 0. The molecule has 0 saturated carbocycles. The van der Waals surface area contributed by atoms with Crippen LogP contribution in [0.5, 0.6) is 0 Å². The van der Waals surface area contributed by atoms with Crippen molar-refractivity contribution in [2.24, 2.45) is 0 Å². The predicted octanol–water partition coefficient (Wildman–Crippen LogP) is 5.91. The van der Waals surface area contributed by atoms with Gasteiger partial charge in [0.15, 0.2) is 0 Å². The van der Waals surface area contributed by atoms with Crippen molar-refractivity contribution in [3.63, 3.8) is 0 Å². The third kappa shape index (κ3) is 2.11. The van der Waals surface area contributed by atoms with Gasteiger partial charge in [-0.15, -0.1) is 0 Å². The highest BCUT2D eigenvalue weighted by molar-refractivity contribution is 5.81. The van der Waals surface area contributed by atoms with Crippen molar-refractivity contribution in [2.75, 3.05) is 0 Å². The lowest BCUT2D eigenvalue weighted by molar-refractivity contribution is 0.625. The first-order valence-corrected chi connectivity index (χ1v) is 8.03. The monoisotopic (exact) mass is 302 g/mol. The third-order valence-corrected chi connectivity index (χ3v) is 4.91. The average Bonchev–Trinajstić information content (AvgIpc) is 2.81. The van der Waals surface area contributed by atoms with Gasteiger partial charge in [-0.3, -0.25) is 0 Å². The van der Waals surface area contributed by atoms with E-state index in [0.29, 0.717) is 0 Å². The molecule has 0 radical (unpaired) electrons. The van der Waals surface area contributed by atoms with Crippen LogP contribution in [0.15, 0.2) is 54.6 Å². The molecule has 0 aromatic heterocycles. The van der Waals surface area contributed by atoms with Gasteiger partial charge in [-0.25, -0.2) is 4.39 Å². The van der Waals surface area contributed by atoms with Gasteiger partial charge >= 0.3 is 0 Å². The Morgan fingerprint density at radius 3 is 2.13 bits per heavy atom. The van der Waals surface area contributed by atoms with Crippen molar-refractivity contribution in [2.45, 2.75) is 26.7 Å². The molecule has 3 aromatic rings. The standard InChI is InChI=1S/C22H19F/c1-13-10-14(2)21(15(3)11-13)22-19-7-5-4-6-17(19)18-9-8-16(23)12-20(18)22/h4-12,22H,1-3H3. The Hall–Kier alpha value is -2.41. The smallest absolute Gasteiger partial charge is 0.123 e. The van der Waals surface area contributed by atoms with Gasteiger partial charge in [-0.1, -0.05) is 48.0 Å². The SMILES string of the molecule is Cc1cc(C)c(C2c3ccccc3-c3ccc(F)cc32)c(C)c1. The van der Waals surface area contributed by atoms with Crippen molar-refractivity contribution in [3.8, 4) is 11.1 Å². The minimum Gasteiger partial charge on any atom is -0.207 e. The second-order valence-corrected chi connectivity index (χ2v) is 6.56. The van der Waals surface area contributed by atoms with Gasteiger partial charge in [0.05, 0.1) is 0 Å². The Labute approximate surface area is 136 Å². The summed E-state index contributed by atoms with van der Waals surface area (Å²) in [5.41, 5.74) is 9.89. The third-order valence-electron chi connectivity index (χ3n) is 4.91. The molecule has 0 heterocycles. The van der Waals surface area contributed by atoms with E-state index in [-0.39, 0.29) is 11.7 Å². The molecule has 0 fully saturated rings. The predicted molar refractivity (Wildman–Crippen MR) is 93.4 cm³/mol. The highest BCUT2D eigenvalue weighted by Crippen LogP contribution is 2.49. The van der Waals surface area contributed by atoms with Crippen molar-refractivity contribution in [3.05, 3.63) is 93.8 Å². The van der Waals surface area contributed by atoms with Crippen molar-refractivity contribution >= 4 is 0 Å². The first-order chi connectivity index (χ1) is 11.1. The van der Waals surface area contributed by atoms with Gasteiger partial charge in [-0.05, 0) is 71.8 Å². The van der Waals surface area contributed by atoms with Crippen LogP contribution in [-0.4, -0.2) is 0 Å². The zero-order valence-corrected chi connectivity index (χ0v) is 13.7. The van der Waals surface area contributed by atoms with Crippen LogP contribution >= 0.6 is 0 Å². The maximum absolute atomic E-state index is 13.9. The molecule has 0 spiro atoms. The molecule has 0 bridgehead atoms. The number of benzene rings is 3. The van der Waals surface area contributed by atoms with Crippen LogP contribution in [0.25, 0.3) is 11.1 Å². The number of hydrogen-bond donors (Lipinski definition) is 0. The summed E-state index contributed by atoms with van der Waals surface area (Å²) < 4.78 is 13.9. The zero-order valence-electron chi connectivity index (χ0n) is 13.7. The number of hydrogen-bond acceptors (Lipinski definition) is 0. The lowest BCUT2D eigenvalue weighted by Crippen LogP contribution is -2.05. The molecule has 0 saturated heterocycles. The summed E-state index contributed by atoms with van der Waals surface area (Å²) in [6.07, 6.45) is 0. The van der Waals surface area contributed by atoms with Gasteiger partial charge in [0.25, 0.3) is 0 Å². The molecular weight excluding hydrogens is 283 g/mol. The van der Waals surface area contributed by atoms with Gasteiger partial charge in [0, 0.05) is 5.92 Å². The Bertz CT molecular complexity index is 898. The van der Waals surface area contributed by atoms with Crippen molar-refractivity contribution in [1.29, 1.82) is 0 Å². The molecule has 114 valence electrons. The molecule has 0 aliphatic heterocycles. The van der Waals surface area contributed by atoms with Gasteiger partial charge in [-0.2, -0.15) is 0 Å². The maximum Gasteiger partial charge on any atom is 0.123 e. The first kappa shape index (κ1) is 14.2. The summed E-state index contributed by atoms with van der Waals surface area (Å²) in [4.78, 5) is 0. The molecule has 0 N–H and O–H groups in total. The number of halogens is 1. The Kier molecular flexibility index (Phi) is 3.12. The van der Waals surface area contributed by atoms with E-state index in [0.717, 1.165) is 11.1 Å². The lowest BCUT2D eigenvalue weighted by Gasteiger charge is -2.20. The van der Waals surface area contributed by atoms with E-state index in [4.69, 9.17) is 0 Å². The van der Waals surface area contributed by atoms with Crippen LogP contribution in [0.4, 0.5) is 4.39 Å². The topological polar surface area (TPSA) is 0 Å². The minimum atomic E-state index is -0.163. The van der Waals surface area contributed by atoms with E-state index in [2.05, 4.69) is 57.2 Å². The summed E-state index contributed by atoms with van der Waals surface area (Å²) in [7, 11) is 0. The lowest BCUT2D eigenvalue weighted by atomic mass is 9.83. The summed E-state index contributed by atoms with van der Waals surface area (Å²) >= 11 is 0. The van der Waals surface area contributed by atoms with Crippen LogP contribution in [-0.2, 0) is 0 Å². The van der Waals surface area contributed by atoms with Crippen LogP contribution < -0.4 is 0 Å². The Balaban J connectivity index is 2.05. The van der Waals surface area contributed by atoms with Crippen molar-refractivity contribution < 1.29 is 4.39 Å². The molecule has 1 aliphatic rings. The summed E-state index contributed by atoms with van der Waals surface area (Å²) in [6.45, 7) is 6.45. The number of aryl methyl sites for hydroxylation is 3. The number of rotatable bonds is 1. The van der Waals surface area contributed by atoms with E-state index in [1.807, 2.05) is 6.07 Å². The molecular formula is C22H19F. The van der Waals surface area contributed by atoms with Crippen LogP contribution in [0.1, 0.15) is 39.3 Å². The quantitative estimate of drug-likeness (QED) is 0.410. The Morgan fingerprint density at radius 1 is 0.739 bits per heavy atom. The zero-order chi connectivity index (χ0) is 16.1. The first-order valence-electron chi connectivity index (χ1n) is 8.03. The highest BCUT2D eigenvalue weighted by Gasteiger charge is 2.31. The fourth-order valence-electron chi connectivity index (χ4n) is 4.14. The van der Waals surface area contributed by atoms with Crippen LogP contribution in [0.3, 0.4) is 0 Å². The molecule has 1 heteroatoms. The maximum atomic E-state index is 13.9. The van der Waals surface area contributed by atoms with E-state index in [1.54, 1.807) is 12.1 Å². The largest absolute Gasteiger partial charge is 0.207 e. The molecule has 23 heavy (non-hydrogen) atoms. The van der Waals surface area contributed by atoms with Crippen LogP contribution in [0, 0.1) is 26.6 Å². The Morgan fingerprint density at radius 2 is 1.39 bits per heavy atom. The van der Waals surface area contributed by atoms with Gasteiger partial charge in [0.1, 0.15) is 5.82 Å². The molecule has 3 aromatic carbocycles. The summed E-state index contributed by atoms with van der Waals surface area (Å²) in [5.74, 6) is -0.0403. The molecule has 4 rings (SSSR count). The van der Waals surface area contributed by atoms with E-state index >= 15 is 0 Å². The normalized spacial score (nSPS) is 15.4. The van der Waals surface area contributed by atoms with Crippen LogP contribution in [0.2, 0.25) is 0 Å². The fourth-order valence-corrected chi connectivity index (χ4v) is 4.14. The fraction of sp³-hybridized carbons (Fsp3) is 0.182. The number of fused-ring (bicyclic) bond motifs is 3. The van der Waals surface area contributed by atoms with E-state index in [9.17, 15) is 4.39 Å². The highest BCUT2D eigenvalue weighted by atomic mass is 19.1. The molecule has 1 aliphatic carbocycles. The molecule has 1 unspecified atom stereocenters. The van der Waals surface area contributed by atoms with E-state index < -0.39 is 0 Å². The summed E-state index contributed by atoms with van der Waals surface area (Å²) in [6, 6.07) is 18.1. The molecule has 1 atom stereocenters. The van der Waals surface area contributed by atoms with E-state index in [1.165, 1.54) is 33.4 Å². The molecule has 0 nitrogen and oxygen atoms in total. The van der Waals surface area contributed by atoms with Gasteiger partial charge < -0.3 is 0 Å². The minimum absolute atomic E-state index is 0.123.